The van der Waals surface area contributed by atoms with Crippen LogP contribution in [0.3, 0.4) is 0 Å². The van der Waals surface area contributed by atoms with Gasteiger partial charge in [-0.15, -0.1) is 0 Å². The number of unbranched alkanes of at least 4 members (excludes halogenated alkanes) is 4. The second kappa shape index (κ2) is 8.93. The summed E-state index contributed by atoms with van der Waals surface area (Å²) in [6, 6.07) is 0. The Hall–Kier alpha value is -0.0800. The summed E-state index contributed by atoms with van der Waals surface area (Å²) >= 11 is 0. The van der Waals surface area contributed by atoms with Gasteiger partial charge in [-0.3, -0.25) is 0 Å². The van der Waals surface area contributed by atoms with Gasteiger partial charge in [0, 0.05) is 20.2 Å². The molecular weight excluding hydrogens is 210 g/mol. The molecule has 0 bridgehead atoms. The highest BCUT2D eigenvalue weighted by molar-refractivity contribution is 4.89. The van der Waals surface area contributed by atoms with Crippen molar-refractivity contribution in [1.82, 2.24) is 5.32 Å². The molecule has 0 aromatic heterocycles. The summed E-state index contributed by atoms with van der Waals surface area (Å²) in [6.07, 6.45) is 12.9. The Morgan fingerprint density at radius 1 is 1.12 bits per heavy atom. The second-order valence-electron chi connectivity index (χ2n) is 5.69. The topological polar surface area (TPSA) is 21.3 Å². The number of nitrogens with one attached hydrogen (secondary N) is 1. The molecule has 0 spiro atoms. The summed E-state index contributed by atoms with van der Waals surface area (Å²) < 4.78 is 5.07. The minimum Gasteiger partial charge on any atom is -0.383 e. The quantitative estimate of drug-likeness (QED) is 0.556. The summed E-state index contributed by atoms with van der Waals surface area (Å²) in [6.45, 7) is 5.35. The molecule has 2 heteroatoms. The highest BCUT2D eigenvalue weighted by Gasteiger charge is 2.35. The fourth-order valence-corrected chi connectivity index (χ4v) is 2.82. The third-order valence-electron chi connectivity index (χ3n) is 4.21. The van der Waals surface area contributed by atoms with E-state index in [2.05, 4.69) is 12.2 Å². The first-order valence-corrected chi connectivity index (χ1v) is 7.53. The van der Waals surface area contributed by atoms with Crippen molar-refractivity contribution >= 4 is 0 Å². The maximum Gasteiger partial charge on any atom is 0.0587 e. The van der Waals surface area contributed by atoms with Crippen molar-refractivity contribution in [2.45, 2.75) is 64.7 Å². The monoisotopic (exact) mass is 241 g/mol. The summed E-state index contributed by atoms with van der Waals surface area (Å²) in [7, 11) is 1.77. The molecular formula is C15H31NO. The summed E-state index contributed by atoms with van der Waals surface area (Å²) in [5.41, 5.74) is 0.653. The van der Waals surface area contributed by atoms with Crippen LogP contribution >= 0.6 is 0 Å². The van der Waals surface area contributed by atoms with Crippen LogP contribution in [0.4, 0.5) is 0 Å². The highest BCUT2D eigenvalue weighted by Crippen LogP contribution is 2.44. The third-order valence-corrected chi connectivity index (χ3v) is 4.21. The van der Waals surface area contributed by atoms with Gasteiger partial charge in [-0.1, -0.05) is 45.4 Å². The zero-order valence-electron chi connectivity index (χ0n) is 11.9. The molecule has 0 heterocycles. The maximum atomic E-state index is 5.07. The van der Waals surface area contributed by atoms with Crippen molar-refractivity contribution in [2.75, 3.05) is 26.8 Å². The van der Waals surface area contributed by atoms with E-state index in [1.165, 1.54) is 64.3 Å². The fourth-order valence-electron chi connectivity index (χ4n) is 2.82. The van der Waals surface area contributed by atoms with E-state index in [0.29, 0.717) is 5.41 Å². The molecule has 0 atom stereocenters. The van der Waals surface area contributed by atoms with Crippen molar-refractivity contribution in [3.63, 3.8) is 0 Å². The Labute approximate surface area is 108 Å². The van der Waals surface area contributed by atoms with Crippen LogP contribution in [-0.4, -0.2) is 26.8 Å². The Bertz CT molecular complexity index is 178. The first-order valence-electron chi connectivity index (χ1n) is 7.53. The van der Waals surface area contributed by atoms with Gasteiger partial charge in [0.2, 0.25) is 0 Å². The SMILES string of the molecule is CCCCCCCC1(CNCCOC)CCC1. The van der Waals surface area contributed by atoms with Crippen molar-refractivity contribution in [2.24, 2.45) is 5.41 Å². The Kier molecular flexibility index (Phi) is 7.87. The van der Waals surface area contributed by atoms with Crippen molar-refractivity contribution in [3.8, 4) is 0 Å². The van der Waals surface area contributed by atoms with Gasteiger partial charge < -0.3 is 10.1 Å². The van der Waals surface area contributed by atoms with Gasteiger partial charge in [0.25, 0.3) is 0 Å². The number of methoxy groups -OCH3 is 1. The van der Waals surface area contributed by atoms with E-state index in [1.807, 2.05) is 0 Å². The Morgan fingerprint density at radius 2 is 1.88 bits per heavy atom. The lowest BCUT2D eigenvalue weighted by molar-refractivity contribution is 0.107. The number of rotatable bonds is 11. The molecule has 0 aromatic carbocycles. The lowest BCUT2D eigenvalue weighted by Crippen LogP contribution is -2.40. The fraction of sp³-hybridized carbons (Fsp3) is 1.00. The molecule has 1 aliphatic carbocycles. The smallest absolute Gasteiger partial charge is 0.0587 e. The van der Waals surface area contributed by atoms with E-state index in [-0.39, 0.29) is 0 Å². The standard InChI is InChI=1S/C15H31NO/c1-3-4-5-6-7-9-15(10-8-11-15)14-16-12-13-17-2/h16H,3-14H2,1-2H3. The van der Waals surface area contributed by atoms with Crippen molar-refractivity contribution < 1.29 is 4.74 Å². The van der Waals surface area contributed by atoms with E-state index < -0.39 is 0 Å². The lowest BCUT2D eigenvalue weighted by Gasteiger charge is -2.42. The van der Waals surface area contributed by atoms with Crippen LogP contribution in [0.2, 0.25) is 0 Å². The van der Waals surface area contributed by atoms with E-state index in [0.717, 1.165) is 13.2 Å². The zero-order chi connectivity index (χ0) is 12.4. The average Bonchev–Trinajstić information content (AvgIpc) is 2.29. The van der Waals surface area contributed by atoms with Gasteiger partial charge in [-0.25, -0.2) is 0 Å². The van der Waals surface area contributed by atoms with Crippen LogP contribution in [0.1, 0.15) is 64.7 Å². The highest BCUT2D eigenvalue weighted by atomic mass is 16.5. The molecule has 1 aliphatic rings. The zero-order valence-corrected chi connectivity index (χ0v) is 11.9. The predicted molar refractivity (Wildman–Crippen MR) is 74.4 cm³/mol. The molecule has 0 aromatic rings. The van der Waals surface area contributed by atoms with Crippen LogP contribution in [0.15, 0.2) is 0 Å². The van der Waals surface area contributed by atoms with Crippen LogP contribution in [0, 0.1) is 5.41 Å². The minimum atomic E-state index is 0.653. The van der Waals surface area contributed by atoms with Gasteiger partial charge >= 0.3 is 0 Å². The lowest BCUT2D eigenvalue weighted by atomic mass is 9.66. The van der Waals surface area contributed by atoms with Gasteiger partial charge in [0.15, 0.2) is 0 Å². The molecule has 1 fully saturated rings. The molecule has 2 nitrogen and oxygen atoms in total. The predicted octanol–water partition coefficient (Wildman–Crippen LogP) is 3.75. The van der Waals surface area contributed by atoms with Gasteiger partial charge in [0.05, 0.1) is 6.61 Å². The van der Waals surface area contributed by atoms with Gasteiger partial charge in [0.1, 0.15) is 0 Å². The Balaban J connectivity index is 2.04. The average molecular weight is 241 g/mol. The van der Waals surface area contributed by atoms with Crippen molar-refractivity contribution in [1.29, 1.82) is 0 Å². The van der Waals surface area contributed by atoms with Crippen LogP contribution < -0.4 is 5.32 Å². The summed E-state index contributed by atoms with van der Waals surface area (Å²) in [5, 5.41) is 3.56. The maximum absolute atomic E-state index is 5.07. The second-order valence-corrected chi connectivity index (χ2v) is 5.69. The molecule has 1 N–H and O–H groups in total. The number of ether oxygens (including phenoxy) is 1. The van der Waals surface area contributed by atoms with E-state index in [9.17, 15) is 0 Å². The van der Waals surface area contributed by atoms with E-state index in [1.54, 1.807) is 7.11 Å². The number of hydrogen-bond acceptors (Lipinski definition) is 2. The van der Waals surface area contributed by atoms with Crippen LogP contribution in [0.5, 0.6) is 0 Å². The largest absolute Gasteiger partial charge is 0.383 e. The number of hydrogen-bond donors (Lipinski definition) is 1. The molecule has 17 heavy (non-hydrogen) atoms. The molecule has 1 saturated carbocycles. The van der Waals surface area contributed by atoms with Crippen molar-refractivity contribution in [3.05, 3.63) is 0 Å². The summed E-state index contributed by atoms with van der Waals surface area (Å²) in [4.78, 5) is 0. The normalized spacial score (nSPS) is 18.0. The Morgan fingerprint density at radius 3 is 2.47 bits per heavy atom. The van der Waals surface area contributed by atoms with Gasteiger partial charge in [-0.05, 0) is 24.7 Å². The molecule has 1 rings (SSSR count). The van der Waals surface area contributed by atoms with E-state index in [4.69, 9.17) is 4.74 Å². The minimum absolute atomic E-state index is 0.653. The van der Waals surface area contributed by atoms with Crippen LogP contribution in [-0.2, 0) is 4.74 Å². The summed E-state index contributed by atoms with van der Waals surface area (Å²) in [5.74, 6) is 0. The third kappa shape index (κ3) is 5.87. The van der Waals surface area contributed by atoms with E-state index >= 15 is 0 Å². The molecule has 102 valence electrons. The first-order chi connectivity index (χ1) is 8.33. The molecule has 0 saturated heterocycles. The molecule has 0 aliphatic heterocycles. The molecule has 0 amide bonds. The van der Waals surface area contributed by atoms with Crippen LogP contribution in [0.25, 0.3) is 0 Å². The molecule has 0 unspecified atom stereocenters. The van der Waals surface area contributed by atoms with Gasteiger partial charge in [-0.2, -0.15) is 0 Å². The molecule has 0 radical (unpaired) electrons. The first kappa shape index (κ1) is 15.0.